The van der Waals surface area contributed by atoms with E-state index in [0.29, 0.717) is 45.1 Å². The molecule has 2 N–H and O–H groups in total. The number of nitrogens with one attached hydrogen (secondary N) is 2. The molecule has 0 bridgehead atoms. The van der Waals surface area contributed by atoms with Gasteiger partial charge in [0.1, 0.15) is 5.60 Å². The minimum Gasteiger partial charge on any atom is -0.444 e. The number of carbonyl (C=O) groups is 1. The molecule has 0 unspecified atom stereocenters. The first-order valence-electron chi connectivity index (χ1n) is 9.44. The summed E-state index contributed by atoms with van der Waals surface area (Å²) >= 11 is 0. The number of ether oxygens (including phenoxy) is 1. The highest BCUT2D eigenvalue weighted by Crippen LogP contribution is 2.15. The number of guanidine groups is 1. The van der Waals surface area contributed by atoms with Crippen LogP contribution in [-0.4, -0.2) is 86.8 Å². The molecule has 10 heteroatoms. The molecule has 0 aliphatic carbocycles. The van der Waals surface area contributed by atoms with E-state index in [4.69, 9.17) is 4.74 Å². The quantitative estimate of drug-likeness (QED) is 0.352. The first-order valence-corrected chi connectivity index (χ1v) is 11.3. The van der Waals surface area contributed by atoms with Gasteiger partial charge in [0.2, 0.25) is 10.0 Å². The van der Waals surface area contributed by atoms with Gasteiger partial charge in [-0.1, -0.05) is 6.92 Å². The number of likely N-dealkylation sites (tertiary alicyclic amines) is 1. The van der Waals surface area contributed by atoms with Crippen LogP contribution in [0, 0.1) is 0 Å². The normalized spacial score (nSPS) is 16.3. The van der Waals surface area contributed by atoms with Crippen molar-refractivity contribution < 1.29 is 17.9 Å². The topological polar surface area (TPSA) is 103 Å². The first kappa shape index (κ1) is 23.5. The fourth-order valence-corrected chi connectivity index (χ4v) is 3.48. The molecule has 0 aromatic heterocycles. The van der Waals surface area contributed by atoms with Gasteiger partial charge in [0, 0.05) is 39.3 Å². The molecule has 1 saturated heterocycles. The molecule has 1 aliphatic heterocycles. The molecule has 0 radical (unpaired) electrons. The van der Waals surface area contributed by atoms with Crippen LogP contribution in [0.1, 0.15) is 41.0 Å². The Labute approximate surface area is 163 Å². The maximum atomic E-state index is 12.0. The average Bonchev–Trinajstić information content (AvgIpc) is 2.46. The first-order chi connectivity index (χ1) is 12.5. The van der Waals surface area contributed by atoms with Crippen LogP contribution in [0.25, 0.3) is 0 Å². The molecule has 158 valence electrons. The highest BCUT2D eigenvalue weighted by atomic mass is 32.2. The van der Waals surface area contributed by atoms with E-state index in [1.54, 1.807) is 4.90 Å². The number of rotatable bonds is 8. The SMILES string of the molecule is CCNC(=NCCCN(CC)S(C)(=O)=O)NC1CN(C(=O)OC(C)(C)C)C1. The predicted octanol–water partition coefficient (Wildman–Crippen LogP) is 0.832. The zero-order valence-electron chi connectivity index (χ0n) is 17.4. The van der Waals surface area contributed by atoms with Crippen LogP contribution < -0.4 is 10.6 Å². The van der Waals surface area contributed by atoms with Gasteiger partial charge in [-0.3, -0.25) is 4.99 Å². The van der Waals surface area contributed by atoms with Crippen molar-refractivity contribution in [2.45, 2.75) is 52.7 Å². The van der Waals surface area contributed by atoms with Crippen molar-refractivity contribution in [1.82, 2.24) is 19.8 Å². The number of amides is 1. The van der Waals surface area contributed by atoms with Crippen LogP contribution in [0.5, 0.6) is 0 Å². The van der Waals surface area contributed by atoms with Crippen molar-refractivity contribution in [3.63, 3.8) is 0 Å². The average molecular weight is 406 g/mol. The van der Waals surface area contributed by atoms with Gasteiger partial charge in [0.15, 0.2) is 5.96 Å². The Kier molecular flexibility index (Phi) is 8.80. The lowest BCUT2D eigenvalue weighted by Gasteiger charge is -2.40. The zero-order chi connectivity index (χ0) is 20.7. The van der Waals surface area contributed by atoms with Crippen molar-refractivity contribution in [3.05, 3.63) is 0 Å². The number of hydrogen-bond donors (Lipinski definition) is 2. The monoisotopic (exact) mass is 405 g/mol. The summed E-state index contributed by atoms with van der Waals surface area (Å²) in [5.41, 5.74) is -0.496. The molecule has 1 rings (SSSR count). The highest BCUT2D eigenvalue weighted by Gasteiger charge is 2.34. The van der Waals surface area contributed by atoms with Gasteiger partial charge in [-0.2, -0.15) is 0 Å². The number of nitrogens with zero attached hydrogens (tertiary/aromatic N) is 3. The summed E-state index contributed by atoms with van der Waals surface area (Å²) < 4.78 is 29.9. The highest BCUT2D eigenvalue weighted by molar-refractivity contribution is 7.88. The second-order valence-corrected chi connectivity index (χ2v) is 9.58. The molecule has 1 aliphatic rings. The van der Waals surface area contributed by atoms with Crippen LogP contribution in [0.15, 0.2) is 4.99 Å². The van der Waals surface area contributed by atoms with Gasteiger partial charge in [0.25, 0.3) is 0 Å². The molecule has 0 aromatic rings. The number of carbonyl (C=O) groups excluding carboxylic acids is 1. The van der Waals surface area contributed by atoms with Gasteiger partial charge in [-0.05, 0) is 34.1 Å². The maximum Gasteiger partial charge on any atom is 0.410 e. The molecule has 0 saturated carbocycles. The molecular formula is C17H35N5O4S. The van der Waals surface area contributed by atoms with Crippen LogP contribution in [0.4, 0.5) is 4.79 Å². The lowest BCUT2D eigenvalue weighted by atomic mass is 10.1. The van der Waals surface area contributed by atoms with Crippen LogP contribution in [-0.2, 0) is 14.8 Å². The molecule has 1 amide bonds. The van der Waals surface area contributed by atoms with E-state index >= 15 is 0 Å². The fraction of sp³-hybridized carbons (Fsp3) is 0.882. The molecule has 1 fully saturated rings. The van der Waals surface area contributed by atoms with Crippen LogP contribution in [0.3, 0.4) is 0 Å². The molecular weight excluding hydrogens is 370 g/mol. The van der Waals surface area contributed by atoms with E-state index in [1.807, 2.05) is 34.6 Å². The summed E-state index contributed by atoms with van der Waals surface area (Å²) in [5, 5.41) is 6.46. The molecule has 0 aromatic carbocycles. The summed E-state index contributed by atoms with van der Waals surface area (Å²) in [7, 11) is -3.16. The molecule has 0 spiro atoms. The van der Waals surface area contributed by atoms with Gasteiger partial charge in [-0.15, -0.1) is 0 Å². The van der Waals surface area contributed by atoms with Crippen molar-refractivity contribution in [2.75, 3.05) is 45.5 Å². The number of hydrogen-bond acceptors (Lipinski definition) is 5. The Hall–Kier alpha value is -1.55. The fourth-order valence-electron chi connectivity index (χ4n) is 2.56. The summed E-state index contributed by atoms with van der Waals surface area (Å²) in [4.78, 5) is 18.1. The third kappa shape index (κ3) is 8.79. The van der Waals surface area contributed by atoms with Gasteiger partial charge >= 0.3 is 6.09 Å². The molecule has 0 atom stereocenters. The Balaban J connectivity index is 2.42. The summed E-state index contributed by atoms with van der Waals surface area (Å²) in [6.45, 7) is 12.6. The Morgan fingerprint density at radius 2 is 1.93 bits per heavy atom. The summed E-state index contributed by atoms with van der Waals surface area (Å²) in [5.74, 6) is 0.675. The van der Waals surface area contributed by atoms with E-state index in [9.17, 15) is 13.2 Å². The lowest BCUT2D eigenvalue weighted by molar-refractivity contribution is 0.00700. The van der Waals surface area contributed by atoms with Crippen molar-refractivity contribution in [1.29, 1.82) is 0 Å². The van der Waals surface area contributed by atoms with Crippen LogP contribution in [0.2, 0.25) is 0 Å². The van der Waals surface area contributed by atoms with Crippen molar-refractivity contribution in [2.24, 2.45) is 4.99 Å². The largest absolute Gasteiger partial charge is 0.444 e. The van der Waals surface area contributed by atoms with Gasteiger partial charge in [-0.25, -0.2) is 17.5 Å². The Morgan fingerprint density at radius 1 is 1.30 bits per heavy atom. The summed E-state index contributed by atoms with van der Waals surface area (Å²) in [6.07, 6.45) is 1.56. The van der Waals surface area contributed by atoms with Crippen molar-refractivity contribution in [3.8, 4) is 0 Å². The number of aliphatic imine (C=N–C) groups is 1. The van der Waals surface area contributed by atoms with Gasteiger partial charge < -0.3 is 20.3 Å². The smallest absolute Gasteiger partial charge is 0.410 e. The van der Waals surface area contributed by atoms with Crippen molar-refractivity contribution >= 4 is 22.1 Å². The second-order valence-electron chi connectivity index (χ2n) is 7.60. The third-order valence-corrected chi connectivity index (χ3v) is 5.25. The molecule has 9 nitrogen and oxygen atoms in total. The number of sulfonamides is 1. The predicted molar refractivity (Wildman–Crippen MR) is 107 cm³/mol. The zero-order valence-corrected chi connectivity index (χ0v) is 18.2. The van der Waals surface area contributed by atoms with Crippen LogP contribution >= 0.6 is 0 Å². The van der Waals surface area contributed by atoms with E-state index in [1.165, 1.54) is 10.6 Å². The van der Waals surface area contributed by atoms with E-state index in [0.717, 1.165) is 6.54 Å². The minimum absolute atomic E-state index is 0.124. The standard InChI is InChI=1S/C17H35N5O4S/c1-7-18-15(19-10-9-11-22(8-2)27(6,24)25)20-14-12-21(13-14)16(23)26-17(3,4)5/h14H,7-13H2,1-6H3,(H2,18,19,20). The maximum absolute atomic E-state index is 12.0. The lowest BCUT2D eigenvalue weighted by Crippen LogP contribution is -2.63. The Morgan fingerprint density at radius 3 is 2.41 bits per heavy atom. The molecule has 1 heterocycles. The van der Waals surface area contributed by atoms with Gasteiger partial charge in [0.05, 0.1) is 12.3 Å². The second kappa shape index (κ2) is 10.1. The van der Waals surface area contributed by atoms with E-state index in [-0.39, 0.29) is 12.1 Å². The minimum atomic E-state index is -3.16. The summed E-state index contributed by atoms with van der Waals surface area (Å²) in [6, 6.07) is 0.124. The Bertz CT molecular complexity index is 609. The molecule has 27 heavy (non-hydrogen) atoms. The van der Waals surface area contributed by atoms with E-state index in [2.05, 4.69) is 15.6 Å². The van der Waals surface area contributed by atoms with E-state index < -0.39 is 15.6 Å². The third-order valence-electron chi connectivity index (χ3n) is 3.88.